The summed E-state index contributed by atoms with van der Waals surface area (Å²) in [6, 6.07) is 5.25. The SMILES string of the molecule is CC1(NCC(=O)N2CCC[C@H]2C#N)CCN(c2ccc(S(C)(=O)=O)cn2)CC1. The second-order valence-corrected chi connectivity index (χ2v) is 9.92. The van der Waals surface area contributed by atoms with E-state index in [0.717, 1.165) is 44.6 Å². The maximum Gasteiger partial charge on any atom is 0.237 e. The third-order valence-electron chi connectivity index (χ3n) is 5.73. The van der Waals surface area contributed by atoms with Crippen molar-refractivity contribution in [1.29, 1.82) is 5.26 Å². The highest BCUT2D eigenvalue weighted by atomic mass is 32.2. The van der Waals surface area contributed by atoms with Gasteiger partial charge in [-0.15, -0.1) is 0 Å². The van der Waals surface area contributed by atoms with Crippen LogP contribution < -0.4 is 10.2 Å². The van der Waals surface area contributed by atoms with Gasteiger partial charge in [-0.1, -0.05) is 0 Å². The molecule has 2 fully saturated rings. The fraction of sp³-hybridized carbons (Fsp3) is 0.632. The Labute approximate surface area is 166 Å². The van der Waals surface area contributed by atoms with E-state index in [-0.39, 0.29) is 28.9 Å². The van der Waals surface area contributed by atoms with Crippen molar-refractivity contribution in [3.05, 3.63) is 18.3 Å². The van der Waals surface area contributed by atoms with Gasteiger partial charge >= 0.3 is 0 Å². The van der Waals surface area contributed by atoms with Crippen LogP contribution in [0, 0.1) is 11.3 Å². The molecule has 1 aromatic rings. The van der Waals surface area contributed by atoms with Gasteiger partial charge in [0.05, 0.1) is 17.5 Å². The van der Waals surface area contributed by atoms with E-state index in [1.165, 1.54) is 12.5 Å². The third-order valence-corrected chi connectivity index (χ3v) is 6.83. The van der Waals surface area contributed by atoms with Gasteiger partial charge in [0.25, 0.3) is 0 Å². The molecule has 0 radical (unpaired) electrons. The van der Waals surface area contributed by atoms with Crippen molar-refractivity contribution in [1.82, 2.24) is 15.2 Å². The van der Waals surface area contributed by atoms with Crippen LogP contribution in [0.3, 0.4) is 0 Å². The van der Waals surface area contributed by atoms with Gasteiger partial charge in [-0.05, 0) is 44.7 Å². The molecule has 152 valence electrons. The predicted molar refractivity (Wildman–Crippen MR) is 106 cm³/mol. The fourth-order valence-electron chi connectivity index (χ4n) is 3.77. The molecule has 3 heterocycles. The number of sulfone groups is 1. The molecule has 1 atom stereocenters. The Morgan fingerprint density at radius 3 is 2.64 bits per heavy atom. The topological polar surface area (TPSA) is 106 Å². The van der Waals surface area contributed by atoms with Gasteiger partial charge < -0.3 is 15.1 Å². The van der Waals surface area contributed by atoms with Crippen molar-refractivity contribution in [3.8, 4) is 6.07 Å². The number of carbonyl (C=O) groups is 1. The average molecular weight is 406 g/mol. The largest absolute Gasteiger partial charge is 0.356 e. The number of piperidine rings is 1. The average Bonchev–Trinajstić information content (AvgIpc) is 3.15. The van der Waals surface area contributed by atoms with E-state index in [0.29, 0.717) is 6.54 Å². The fourth-order valence-corrected chi connectivity index (χ4v) is 4.33. The lowest BCUT2D eigenvalue weighted by molar-refractivity contribution is -0.130. The number of anilines is 1. The molecule has 2 aliphatic heterocycles. The Kier molecular flexibility index (Phi) is 5.91. The number of rotatable bonds is 5. The van der Waals surface area contributed by atoms with Crippen LogP contribution >= 0.6 is 0 Å². The Hall–Kier alpha value is -2.18. The molecule has 0 aliphatic carbocycles. The summed E-state index contributed by atoms with van der Waals surface area (Å²) in [5.74, 6) is 0.755. The minimum Gasteiger partial charge on any atom is -0.356 e. The molecule has 0 unspecified atom stereocenters. The van der Waals surface area contributed by atoms with E-state index in [2.05, 4.69) is 28.2 Å². The first-order chi connectivity index (χ1) is 13.2. The van der Waals surface area contributed by atoms with E-state index in [4.69, 9.17) is 5.26 Å². The van der Waals surface area contributed by atoms with Crippen LogP contribution in [-0.2, 0) is 14.6 Å². The first-order valence-electron chi connectivity index (χ1n) is 9.57. The van der Waals surface area contributed by atoms with Gasteiger partial charge in [0, 0.05) is 37.6 Å². The molecule has 1 amide bonds. The van der Waals surface area contributed by atoms with Crippen molar-refractivity contribution in [2.75, 3.05) is 37.3 Å². The highest BCUT2D eigenvalue weighted by molar-refractivity contribution is 7.90. The monoisotopic (exact) mass is 405 g/mol. The molecular formula is C19H27N5O3S. The van der Waals surface area contributed by atoms with Gasteiger partial charge in [-0.2, -0.15) is 5.26 Å². The predicted octanol–water partition coefficient (Wildman–Crippen LogP) is 0.948. The number of amides is 1. The molecule has 0 bridgehead atoms. The Morgan fingerprint density at radius 2 is 2.07 bits per heavy atom. The summed E-state index contributed by atoms with van der Waals surface area (Å²) in [4.78, 5) is 20.8. The highest BCUT2D eigenvalue weighted by Crippen LogP contribution is 2.26. The van der Waals surface area contributed by atoms with E-state index >= 15 is 0 Å². The maximum atomic E-state index is 12.4. The van der Waals surface area contributed by atoms with Crippen molar-refractivity contribution < 1.29 is 13.2 Å². The second-order valence-electron chi connectivity index (χ2n) is 7.90. The molecule has 8 nitrogen and oxygen atoms in total. The van der Waals surface area contributed by atoms with Gasteiger partial charge in [0.15, 0.2) is 9.84 Å². The van der Waals surface area contributed by atoms with Crippen LogP contribution in [0.4, 0.5) is 5.82 Å². The molecule has 2 aliphatic rings. The number of carbonyl (C=O) groups excluding carboxylic acids is 1. The summed E-state index contributed by atoms with van der Waals surface area (Å²) in [5.41, 5.74) is -0.152. The quantitative estimate of drug-likeness (QED) is 0.777. The van der Waals surface area contributed by atoms with Crippen molar-refractivity contribution in [2.24, 2.45) is 0 Å². The van der Waals surface area contributed by atoms with Crippen LogP contribution in [-0.4, -0.2) is 68.2 Å². The molecule has 3 rings (SSSR count). The lowest BCUT2D eigenvalue weighted by Crippen LogP contribution is -2.54. The Balaban J connectivity index is 1.52. The lowest BCUT2D eigenvalue weighted by atomic mass is 9.89. The smallest absolute Gasteiger partial charge is 0.237 e. The highest BCUT2D eigenvalue weighted by Gasteiger charge is 2.33. The number of likely N-dealkylation sites (tertiary alicyclic amines) is 1. The van der Waals surface area contributed by atoms with Crippen molar-refractivity contribution in [2.45, 2.75) is 49.1 Å². The van der Waals surface area contributed by atoms with E-state index in [1.807, 2.05) is 0 Å². The van der Waals surface area contributed by atoms with Crippen molar-refractivity contribution in [3.63, 3.8) is 0 Å². The third kappa shape index (κ3) is 4.62. The summed E-state index contributed by atoms with van der Waals surface area (Å²) in [6.07, 6.45) is 5.91. The standard InChI is InChI=1S/C19H27N5O3S/c1-19(22-14-18(25)24-9-3-4-15(24)12-20)7-10-23(11-8-19)17-6-5-16(13-21-17)28(2,26)27/h5-6,13,15,22H,3-4,7-11,14H2,1-2H3/t15-/m0/s1. The molecule has 28 heavy (non-hydrogen) atoms. The number of nitrogens with zero attached hydrogens (tertiary/aromatic N) is 4. The first kappa shape index (κ1) is 20.6. The summed E-state index contributed by atoms with van der Waals surface area (Å²) >= 11 is 0. The van der Waals surface area contributed by atoms with Crippen LogP contribution in [0.2, 0.25) is 0 Å². The van der Waals surface area contributed by atoms with Crippen molar-refractivity contribution >= 4 is 21.6 Å². The molecule has 0 spiro atoms. The van der Waals surface area contributed by atoms with E-state index < -0.39 is 9.84 Å². The Morgan fingerprint density at radius 1 is 1.36 bits per heavy atom. The number of aromatic nitrogens is 1. The van der Waals surface area contributed by atoms with Crippen LogP contribution in [0.5, 0.6) is 0 Å². The zero-order valence-electron chi connectivity index (χ0n) is 16.4. The van der Waals surface area contributed by atoms with Crippen LogP contribution in [0.15, 0.2) is 23.2 Å². The van der Waals surface area contributed by atoms with Crippen LogP contribution in [0.25, 0.3) is 0 Å². The molecule has 1 N–H and O–H groups in total. The molecule has 0 aromatic carbocycles. The number of hydrogen-bond acceptors (Lipinski definition) is 7. The number of hydrogen-bond donors (Lipinski definition) is 1. The number of pyridine rings is 1. The zero-order valence-corrected chi connectivity index (χ0v) is 17.2. The molecule has 9 heteroatoms. The molecule has 2 saturated heterocycles. The molecular weight excluding hydrogens is 378 g/mol. The zero-order chi connectivity index (χ0) is 20.4. The lowest BCUT2D eigenvalue weighted by Gasteiger charge is -2.40. The molecule has 1 aromatic heterocycles. The second kappa shape index (κ2) is 8.05. The normalized spacial score (nSPS) is 22.1. The Bertz CT molecular complexity index is 855. The summed E-state index contributed by atoms with van der Waals surface area (Å²) in [6.45, 7) is 4.57. The minimum atomic E-state index is -3.24. The van der Waals surface area contributed by atoms with E-state index in [9.17, 15) is 13.2 Å². The number of nitrogens with one attached hydrogen (secondary N) is 1. The van der Waals surface area contributed by atoms with Gasteiger partial charge in [-0.3, -0.25) is 4.79 Å². The maximum absolute atomic E-state index is 12.4. The van der Waals surface area contributed by atoms with Crippen LogP contribution in [0.1, 0.15) is 32.6 Å². The summed E-state index contributed by atoms with van der Waals surface area (Å²) < 4.78 is 23.1. The number of nitriles is 1. The minimum absolute atomic E-state index is 0.00858. The van der Waals surface area contributed by atoms with Gasteiger partial charge in [0.1, 0.15) is 11.9 Å². The first-order valence-corrected chi connectivity index (χ1v) is 11.5. The summed E-state index contributed by atoms with van der Waals surface area (Å²) in [5, 5.41) is 12.5. The molecule has 0 saturated carbocycles. The summed E-state index contributed by atoms with van der Waals surface area (Å²) in [7, 11) is -3.24. The van der Waals surface area contributed by atoms with E-state index in [1.54, 1.807) is 17.0 Å². The van der Waals surface area contributed by atoms with Gasteiger partial charge in [0.2, 0.25) is 5.91 Å². The van der Waals surface area contributed by atoms with Gasteiger partial charge in [-0.25, -0.2) is 13.4 Å².